The summed E-state index contributed by atoms with van der Waals surface area (Å²) < 4.78 is 35.9. The molecule has 0 aliphatic heterocycles. The maximum atomic E-state index is 13.7. The molecule has 3 aromatic carbocycles. The lowest BCUT2D eigenvalue weighted by Crippen LogP contribution is -2.23. The number of hydrogen-bond acceptors (Lipinski definition) is 6. The van der Waals surface area contributed by atoms with E-state index in [-0.39, 0.29) is 28.9 Å². The van der Waals surface area contributed by atoms with E-state index < -0.39 is 15.9 Å². The van der Waals surface area contributed by atoms with Gasteiger partial charge in [0.05, 0.1) is 30.1 Å². The van der Waals surface area contributed by atoms with Gasteiger partial charge in [0.2, 0.25) is 0 Å². The monoisotopic (exact) mass is 567 g/mol. The van der Waals surface area contributed by atoms with Gasteiger partial charge in [-0.25, -0.2) is 13.4 Å². The zero-order valence-electron chi connectivity index (χ0n) is 22.3. The predicted molar refractivity (Wildman–Crippen MR) is 154 cm³/mol. The van der Waals surface area contributed by atoms with Crippen molar-refractivity contribution in [2.24, 2.45) is 0 Å². The highest BCUT2D eigenvalue weighted by atomic mass is 32.2. The lowest BCUT2D eigenvalue weighted by molar-refractivity contribution is 0.0954. The zero-order valence-corrected chi connectivity index (χ0v) is 23.1. The normalized spacial score (nSPS) is 13.6. The van der Waals surface area contributed by atoms with Gasteiger partial charge in [0.1, 0.15) is 11.9 Å². The summed E-state index contributed by atoms with van der Waals surface area (Å²) in [7, 11) is -3.87. The van der Waals surface area contributed by atoms with Gasteiger partial charge in [-0.05, 0) is 60.4 Å². The second kappa shape index (κ2) is 12.2. The van der Waals surface area contributed by atoms with Crippen LogP contribution in [0.4, 0.5) is 0 Å². The molecule has 0 bridgehead atoms. The Labute approximate surface area is 239 Å². The van der Waals surface area contributed by atoms with Gasteiger partial charge in [-0.2, -0.15) is 0 Å². The average molecular weight is 568 g/mol. The molecule has 1 atom stereocenters. The summed E-state index contributed by atoms with van der Waals surface area (Å²) in [5.41, 5.74) is 2.96. The third kappa shape index (κ3) is 6.39. The van der Waals surface area contributed by atoms with Gasteiger partial charge in [-0.3, -0.25) is 9.59 Å². The molecule has 0 spiro atoms. The fraction of sp³-hybridized carbons (Fsp3) is 0.219. The van der Waals surface area contributed by atoms with E-state index >= 15 is 0 Å². The van der Waals surface area contributed by atoms with E-state index in [1.165, 1.54) is 24.3 Å². The number of ketones is 1. The van der Waals surface area contributed by atoms with E-state index in [4.69, 9.17) is 11.2 Å². The number of hydrogen-bond donors (Lipinski definition) is 1. The minimum atomic E-state index is -3.87. The van der Waals surface area contributed by atoms with Crippen molar-refractivity contribution in [3.63, 3.8) is 0 Å². The first kappa shape index (κ1) is 27.9. The van der Waals surface area contributed by atoms with E-state index in [2.05, 4.69) is 16.2 Å². The molecule has 0 radical (unpaired) electrons. The molecule has 0 fully saturated rings. The third-order valence-electron chi connectivity index (χ3n) is 7.06. The molecule has 1 aliphatic carbocycles. The number of fused-ring (bicyclic) bond motifs is 1. The predicted octanol–water partition coefficient (Wildman–Crippen LogP) is 4.56. The molecule has 8 nitrogen and oxygen atoms in total. The van der Waals surface area contributed by atoms with E-state index in [9.17, 15) is 18.0 Å². The molecule has 1 N–H and O–H groups in total. The lowest BCUT2D eigenvalue weighted by atomic mass is 9.87. The van der Waals surface area contributed by atoms with Crippen LogP contribution in [0.15, 0.2) is 90.3 Å². The highest BCUT2D eigenvalue weighted by Gasteiger charge is 2.28. The number of amides is 1. The van der Waals surface area contributed by atoms with Crippen LogP contribution >= 0.6 is 0 Å². The lowest BCUT2D eigenvalue weighted by Gasteiger charge is -2.25. The molecule has 41 heavy (non-hydrogen) atoms. The molecule has 1 aliphatic rings. The van der Waals surface area contributed by atoms with Crippen LogP contribution in [0.5, 0.6) is 5.75 Å². The quantitative estimate of drug-likeness (QED) is 0.282. The summed E-state index contributed by atoms with van der Waals surface area (Å²) in [5.74, 6) is 2.01. The van der Waals surface area contributed by atoms with Crippen LogP contribution in [0.1, 0.15) is 56.4 Å². The summed E-state index contributed by atoms with van der Waals surface area (Å²) in [6, 6.07) is 18.9. The van der Waals surface area contributed by atoms with E-state index in [0.717, 1.165) is 5.56 Å². The first-order valence-corrected chi connectivity index (χ1v) is 14.9. The number of benzene rings is 3. The van der Waals surface area contributed by atoms with Crippen molar-refractivity contribution in [1.29, 1.82) is 0 Å². The highest BCUT2D eigenvalue weighted by Crippen LogP contribution is 2.36. The largest absolute Gasteiger partial charge is 0.484 e. The number of carbonyl (C=O) groups is 2. The summed E-state index contributed by atoms with van der Waals surface area (Å²) in [6.07, 6.45) is 11.6. The Morgan fingerprint density at radius 1 is 1.07 bits per heavy atom. The Balaban J connectivity index is 1.51. The van der Waals surface area contributed by atoms with Gasteiger partial charge in [0, 0.05) is 35.5 Å². The number of carbonyl (C=O) groups excluding carboxylic acids is 2. The summed E-state index contributed by atoms with van der Waals surface area (Å²) in [5, 5.41) is 2.56. The van der Waals surface area contributed by atoms with E-state index in [1.807, 2.05) is 41.1 Å². The highest BCUT2D eigenvalue weighted by molar-refractivity contribution is 7.90. The zero-order chi connectivity index (χ0) is 28.8. The molecule has 1 unspecified atom stereocenters. The standard InChI is InChI=1S/C32H29N3O5S/c1-2-17-34-32(37)24-11-13-25(14-12-24)41(38,39)21-28-26-9-6-10-29(36)27(26)15-16-30(28)40-31(20-35-19-18-33-22-35)23-7-4-3-5-8-23/h1,3-5,7-8,11-16,18-19,22,31H,6,9-10,17,20-21H2,(H,34,37). The van der Waals surface area contributed by atoms with Crippen molar-refractivity contribution in [1.82, 2.24) is 14.9 Å². The third-order valence-corrected chi connectivity index (χ3v) is 8.72. The fourth-order valence-corrected chi connectivity index (χ4v) is 6.40. The number of aromatic nitrogens is 2. The Hall–Kier alpha value is -4.68. The molecule has 1 heterocycles. The van der Waals surface area contributed by atoms with Crippen LogP contribution in [0, 0.1) is 12.3 Å². The molecule has 1 amide bonds. The van der Waals surface area contributed by atoms with E-state index in [1.54, 1.807) is 24.7 Å². The summed E-state index contributed by atoms with van der Waals surface area (Å²) >= 11 is 0. The minimum absolute atomic E-state index is 0.00296. The van der Waals surface area contributed by atoms with E-state index in [0.29, 0.717) is 53.8 Å². The van der Waals surface area contributed by atoms with Crippen LogP contribution < -0.4 is 10.1 Å². The number of imidazole rings is 1. The average Bonchev–Trinajstić information content (AvgIpc) is 3.50. The molecule has 5 rings (SSSR count). The number of nitrogens with zero attached hydrogens (tertiary/aromatic N) is 2. The second-order valence-corrected chi connectivity index (χ2v) is 11.8. The Kier molecular flexibility index (Phi) is 8.31. The van der Waals surface area contributed by atoms with Crippen LogP contribution in [0.3, 0.4) is 0 Å². The SMILES string of the molecule is C#CCNC(=O)c1ccc(S(=O)(=O)Cc2c(OC(Cn3ccnc3)c3ccccc3)ccc3c2CCCC3=O)cc1. The van der Waals surface area contributed by atoms with Crippen molar-refractivity contribution in [2.45, 2.75) is 42.6 Å². The van der Waals surface area contributed by atoms with Gasteiger partial charge >= 0.3 is 0 Å². The van der Waals surface area contributed by atoms with Gasteiger partial charge in [0.25, 0.3) is 5.91 Å². The van der Waals surface area contributed by atoms with Crippen LogP contribution in [-0.2, 0) is 28.6 Å². The molecule has 1 aromatic heterocycles. The van der Waals surface area contributed by atoms with Crippen molar-refractivity contribution in [2.75, 3.05) is 6.54 Å². The molecule has 9 heteroatoms. The minimum Gasteiger partial charge on any atom is -0.484 e. The smallest absolute Gasteiger partial charge is 0.252 e. The molecular formula is C32H29N3O5S. The Morgan fingerprint density at radius 3 is 2.56 bits per heavy atom. The molecule has 4 aromatic rings. The number of Topliss-reactive ketones (excluding diaryl/α,β-unsaturated/α-hetero) is 1. The Bertz CT molecular complexity index is 1690. The summed E-state index contributed by atoms with van der Waals surface area (Å²) in [4.78, 5) is 29.2. The topological polar surface area (TPSA) is 107 Å². The van der Waals surface area contributed by atoms with Crippen LogP contribution in [0.2, 0.25) is 0 Å². The Morgan fingerprint density at radius 2 is 1.85 bits per heavy atom. The van der Waals surface area contributed by atoms with Crippen molar-refractivity contribution in [3.05, 3.63) is 113 Å². The number of terminal acetylenes is 1. The van der Waals surface area contributed by atoms with Crippen LogP contribution in [-0.4, -0.2) is 36.2 Å². The van der Waals surface area contributed by atoms with Crippen molar-refractivity contribution in [3.8, 4) is 18.1 Å². The molecule has 0 saturated carbocycles. The number of sulfone groups is 1. The number of ether oxygens (including phenoxy) is 1. The number of rotatable bonds is 10. The fourth-order valence-electron chi connectivity index (χ4n) is 4.99. The molecule has 0 saturated heterocycles. The first-order valence-electron chi connectivity index (χ1n) is 13.3. The maximum absolute atomic E-state index is 13.7. The van der Waals surface area contributed by atoms with Crippen molar-refractivity contribution >= 4 is 21.5 Å². The molecular weight excluding hydrogens is 538 g/mol. The second-order valence-electron chi connectivity index (χ2n) is 9.79. The van der Waals surface area contributed by atoms with Crippen LogP contribution in [0.25, 0.3) is 0 Å². The maximum Gasteiger partial charge on any atom is 0.252 e. The number of nitrogens with one attached hydrogen (secondary N) is 1. The van der Waals surface area contributed by atoms with Gasteiger partial charge < -0.3 is 14.6 Å². The van der Waals surface area contributed by atoms with Gasteiger partial charge in [-0.15, -0.1) is 6.42 Å². The van der Waals surface area contributed by atoms with Gasteiger partial charge in [0.15, 0.2) is 15.6 Å². The molecule has 208 valence electrons. The first-order chi connectivity index (χ1) is 19.9. The van der Waals surface area contributed by atoms with Crippen molar-refractivity contribution < 1.29 is 22.7 Å². The summed E-state index contributed by atoms with van der Waals surface area (Å²) in [6.45, 7) is 0.528. The van der Waals surface area contributed by atoms with Gasteiger partial charge in [-0.1, -0.05) is 36.3 Å².